The molecule has 0 saturated carbocycles. The maximum Gasteiger partial charge on any atom is 0.416 e. The van der Waals surface area contributed by atoms with Gasteiger partial charge >= 0.3 is 6.18 Å². The number of rotatable bonds is 5. The lowest BCUT2D eigenvalue weighted by Gasteiger charge is -2.22. The van der Waals surface area contributed by atoms with E-state index in [2.05, 4.69) is 5.32 Å². The van der Waals surface area contributed by atoms with E-state index in [0.29, 0.717) is 18.3 Å². The van der Waals surface area contributed by atoms with Crippen molar-refractivity contribution in [2.45, 2.75) is 31.9 Å². The second-order valence-electron chi connectivity index (χ2n) is 5.23. The SMILES string of the molecule is FC(F)(F)c1ccc(OCCCC2CCCNC2)cc1. The predicted octanol–water partition coefficient (Wildman–Crippen LogP) is 3.86. The standard InChI is InChI=1S/C15H20F3NO/c16-15(17,18)13-5-7-14(8-6-13)20-10-2-4-12-3-1-9-19-11-12/h5-8,12,19H,1-4,9-11H2. The summed E-state index contributed by atoms with van der Waals surface area (Å²) in [6.07, 6.45) is 0.241. The highest BCUT2D eigenvalue weighted by atomic mass is 19.4. The summed E-state index contributed by atoms with van der Waals surface area (Å²) in [5, 5.41) is 3.37. The van der Waals surface area contributed by atoms with Crippen LogP contribution in [0, 0.1) is 5.92 Å². The van der Waals surface area contributed by atoms with E-state index in [0.717, 1.165) is 38.1 Å². The predicted molar refractivity (Wildman–Crippen MR) is 71.8 cm³/mol. The summed E-state index contributed by atoms with van der Waals surface area (Å²) in [5.41, 5.74) is -0.641. The Morgan fingerprint density at radius 2 is 1.95 bits per heavy atom. The van der Waals surface area contributed by atoms with Crippen molar-refractivity contribution >= 4 is 0 Å². The van der Waals surface area contributed by atoms with Crippen LogP contribution in [-0.2, 0) is 6.18 Å². The largest absolute Gasteiger partial charge is 0.494 e. The summed E-state index contributed by atoms with van der Waals surface area (Å²) in [6, 6.07) is 4.87. The minimum absolute atomic E-state index is 0.500. The third kappa shape index (κ3) is 4.71. The first-order valence-corrected chi connectivity index (χ1v) is 7.06. The molecule has 5 heteroatoms. The van der Waals surface area contributed by atoms with Gasteiger partial charge < -0.3 is 10.1 Å². The summed E-state index contributed by atoms with van der Waals surface area (Å²) >= 11 is 0. The van der Waals surface area contributed by atoms with Gasteiger partial charge in [0.1, 0.15) is 5.75 Å². The third-order valence-corrected chi connectivity index (χ3v) is 3.61. The second-order valence-corrected chi connectivity index (χ2v) is 5.23. The molecule has 0 spiro atoms. The number of benzene rings is 1. The van der Waals surface area contributed by atoms with E-state index in [1.54, 1.807) is 0 Å². The Labute approximate surface area is 117 Å². The molecule has 0 aliphatic carbocycles. The fraction of sp³-hybridized carbons (Fsp3) is 0.600. The monoisotopic (exact) mass is 287 g/mol. The Hall–Kier alpha value is -1.23. The van der Waals surface area contributed by atoms with Gasteiger partial charge in [0.15, 0.2) is 0 Å². The van der Waals surface area contributed by atoms with Gasteiger partial charge in [-0.15, -0.1) is 0 Å². The van der Waals surface area contributed by atoms with E-state index in [4.69, 9.17) is 4.74 Å². The zero-order chi connectivity index (χ0) is 14.4. The van der Waals surface area contributed by atoms with Crippen molar-refractivity contribution < 1.29 is 17.9 Å². The van der Waals surface area contributed by atoms with Crippen molar-refractivity contribution in [3.63, 3.8) is 0 Å². The fourth-order valence-electron chi connectivity index (χ4n) is 2.47. The van der Waals surface area contributed by atoms with Crippen LogP contribution in [0.2, 0.25) is 0 Å². The quantitative estimate of drug-likeness (QED) is 0.830. The second kappa shape index (κ2) is 6.97. The van der Waals surface area contributed by atoms with E-state index < -0.39 is 11.7 Å². The molecule has 0 amide bonds. The summed E-state index contributed by atoms with van der Waals surface area (Å²) in [4.78, 5) is 0. The highest BCUT2D eigenvalue weighted by Crippen LogP contribution is 2.30. The molecule has 2 nitrogen and oxygen atoms in total. The minimum atomic E-state index is -4.29. The average Bonchev–Trinajstić information content (AvgIpc) is 2.44. The zero-order valence-electron chi connectivity index (χ0n) is 11.4. The van der Waals surface area contributed by atoms with Crippen molar-refractivity contribution in [3.8, 4) is 5.75 Å². The number of hydrogen-bond acceptors (Lipinski definition) is 2. The summed E-state index contributed by atoms with van der Waals surface area (Å²) in [6.45, 7) is 2.74. The molecule has 1 N–H and O–H groups in total. The van der Waals surface area contributed by atoms with Crippen LogP contribution in [-0.4, -0.2) is 19.7 Å². The molecular formula is C15H20F3NO. The molecule has 1 aliphatic rings. The van der Waals surface area contributed by atoms with E-state index in [9.17, 15) is 13.2 Å². The van der Waals surface area contributed by atoms with Gasteiger partial charge in [-0.3, -0.25) is 0 Å². The van der Waals surface area contributed by atoms with Gasteiger partial charge in [-0.1, -0.05) is 0 Å². The molecule has 0 aromatic heterocycles. The molecular weight excluding hydrogens is 267 g/mol. The van der Waals surface area contributed by atoms with Crippen LogP contribution in [0.15, 0.2) is 24.3 Å². The molecule has 0 bridgehead atoms. The normalized spacial score (nSPS) is 19.9. The molecule has 1 aliphatic heterocycles. The van der Waals surface area contributed by atoms with Crippen molar-refractivity contribution in [1.29, 1.82) is 0 Å². The Balaban J connectivity index is 1.68. The zero-order valence-corrected chi connectivity index (χ0v) is 11.4. The van der Waals surface area contributed by atoms with Crippen molar-refractivity contribution in [1.82, 2.24) is 5.32 Å². The van der Waals surface area contributed by atoms with Crippen molar-refractivity contribution in [2.24, 2.45) is 5.92 Å². The number of halogens is 3. The van der Waals surface area contributed by atoms with Gasteiger partial charge in [0.25, 0.3) is 0 Å². The topological polar surface area (TPSA) is 21.3 Å². The Kier molecular flexibility index (Phi) is 5.29. The van der Waals surface area contributed by atoms with Crippen molar-refractivity contribution in [3.05, 3.63) is 29.8 Å². The maximum absolute atomic E-state index is 12.4. The summed E-state index contributed by atoms with van der Waals surface area (Å²) in [7, 11) is 0. The first-order chi connectivity index (χ1) is 9.55. The molecule has 1 atom stereocenters. The van der Waals surface area contributed by atoms with Crippen LogP contribution >= 0.6 is 0 Å². The van der Waals surface area contributed by atoms with Gasteiger partial charge in [-0.25, -0.2) is 0 Å². The Morgan fingerprint density at radius 1 is 1.20 bits per heavy atom. The van der Waals surface area contributed by atoms with E-state index in [1.165, 1.54) is 25.0 Å². The molecule has 2 rings (SSSR count). The van der Waals surface area contributed by atoms with Crippen LogP contribution in [0.1, 0.15) is 31.2 Å². The molecule has 1 aromatic carbocycles. The molecule has 112 valence electrons. The van der Waals surface area contributed by atoms with Crippen LogP contribution in [0.3, 0.4) is 0 Å². The first kappa shape index (κ1) is 15.2. The number of alkyl halides is 3. The lowest BCUT2D eigenvalue weighted by atomic mass is 9.95. The minimum Gasteiger partial charge on any atom is -0.494 e. The fourth-order valence-corrected chi connectivity index (χ4v) is 2.47. The van der Waals surface area contributed by atoms with Gasteiger partial charge in [-0.2, -0.15) is 13.2 Å². The van der Waals surface area contributed by atoms with Gasteiger partial charge in [0.2, 0.25) is 0 Å². The molecule has 1 aromatic rings. The molecule has 20 heavy (non-hydrogen) atoms. The lowest BCUT2D eigenvalue weighted by Crippen LogP contribution is -2.29. The summed E-state index contributed by atoms with van der Waals surface area (Å²) < 4.78 is 42.6. The van der Waals surface area contributed by atoms with Gasteiger partial charge in [0.05, 0.1) is 12.2 Å². The van der Waals surface area contributed by atoms with Crippen LogP contribution in [0.4, 0.5) is 13.2 Å². The van der Waals surface area contributed by atoms with Crippen LogP contribution in [0.25, 0.3) is 0 Å². The summed E-state index contributed by atoms with van der Waals surface area (Å²) in [5.74, 6) is 1.21. The van der Waals surface area contributed by atoms with E-state index in [-0.39, 0.29) is 0 Å². The number of piperidine rings is 1. The first-order valence-electron chi connectivity index (χ1n) is 7.06. The van der Waals surface area contributed by atoms with Crippen LogP contribution in [0.5, 0.6) is 5.75 Å². The average molecular weight is 287 g/mol. The number of hydrogen-bond donors (Lipinski definition) is 1. The molecule has 1 unspecified atom stereocenters. The van der Waals surface area contributed by atoms with Gasteiger partial charge in [-0.05, 0) is 69.0 Å². The molecule has 1 heterocycles. The Morgan fingerprint density at radius 3 is 2.55 bits per heavy atom. The van der Waals surface area contributed by atoms with E-state index in [1.807, 2.05) is 0 Å². The number of nitrogens with one attached hydrogen (secondary N) is 1. The molecule has 0 radical (unpaired) electrons. The smallest absolute Gasteiger partial charge is 0.416 e. The highest BCUT2D eigenvalue weighted by molar-refractivity contribution is 5.28. The van der Waals surface area contributed by atoms with E-state index >= 15 is 0 Å². The van der Waals surface area contributed by atoms with Gasteiger partial charge in [0, 0.05) is 0 Å². The number of ether oxygens (including phenoxy) is 1. The van der Waals surface area contributed by atoms with Crippen LogP contribution < -0.4 is 10.1 Å². The molecule has 1 fully saturated rings. The molecule has 1 saturated heterocycles. The van der Waals surface area contributed by atoms with Crippen molar-refractivity contribution in [2.75, 3.05) is 19.7 Å². The highest BCUT2D eigenvalue weighted by Gasteiger charge is 2.29. The Bertz CT molecular complexity index is 397. The lowest BCUT2D eigenvalue weighted by molar-refractivity contribution is -0.137. The maximum atomic E-state index is 12.4. The third-order valence-electron chi connectivity index (χ3n) is 3.61.